The quantitative estimate of drug-likeness (QED) is 0.860. The van der Waals surface area contributed by atoms with Gasteiger partial charge in [0.05, 0.1) is 12.3 Å². The molecule has 1 saturated carbocycles. The van der Waals surface area contributed by atoms with Gasteiger partial charge in [-0.15, -0.1) is 0 Å². The van der Waals surface area contributed by atoms with Crippen LogP contribution < -0.4 is 5.73 Å². The number of nitrogens with two attached hydrogens (primary N) is 1. The maximum Gasteiger partial charge on any atom is 0.0888 e. The highest BCUT2D eigenvalue weighted by molar-refractivity contribution is 5.13. The Labute approximate surface area is 109 Å². The lowest BCUT2D eigenvalue weighted by Gasteiger charge is -2.42. The van der Waals surface area contributed by atoms with Crippen molar-refractivity contribution in [2.75, 3.05) is 6.54 Å². The molecule has 2 rings (SSSR count). The number of hydrogen-bond acceptors (Lipinski definition) is 3. The molecule has 1 fully saturated rings. The lowest BCUT2D eigenvalue weighted by molar-refractivity contribution is -0.0103. The molecule has 0 aliphatic heterocycles. The van der Waals surface area contributed by atoms with Crippen molar-refractivity contribution in [3.8, 4) is 0 Å². The highest BCUT2D eigenvalue weighted by atomic mass is 16.3. The molecular formula is C14H25N3O. The van der Waals surface area contributed by atoms with E-state index in [4.69, 9.17) is 5.73 Å². The zero-order valence-corrected chi connectivity index (χ0v) is 11.5. The van der Waals surface area contributed by atoms with E-state index in [1.807, 2.05) is 13.2 Å². The molecule has 1 aliphatic carbocycles. The fraction of sp³-hybridized carbons (Fsp3) is 0.786. The maximum atomic E-state index is 10.6. The normalized spacial score (nSPS) is 30.3. The number of aliphatic hydroxyl groups excluding tert-OH is 1. The van der Waals surface area contributed by atoms with Crippen molar-refractivity contribution >= 4 is 0 Å². The number of aromatic nitrogens is 2. The van der Waals surface area contributed by atoms with Gasteiger partial charge in [0.15, 0.2) is 0 Å². The van der Waals surface area contributed by atoms with Crippen molar-refractivity contribution in [3.05, 3.63) is 18.0 Å². The summed E-state index contributed by atoms with van der Waals surface area (Å²) in [6, 6.07) is 0. The molecule has 4 heteroatoms. The van der Waals surface area contributed by atoms with Crippen molar-refractivity contribution < 1.29 is 5.11 Å². The third-order valence-electron chi connectivity index (χ3n) is 4.71. The van der Waals surface area contributed by atoms with E-state index in [1.165, 1.54) is 19.3 Å². The monoisotopic (exact) mass is 251 g/mol. The molecule has 18 heavy (non-hydrogen) atoms. The number of aliphatic hydroxyl groups is 1. The minimum absolute atomic E-state index is 0.144. The summed E-state index contributed by atoms with van der Waals surface area (Å²) < 4.78 is 1.74. The Kier molecular flexibility index (Phi) is 4.07. The van der Waals surface area contributed by atoms with Crippen LogP contribution in [0.4, 0.5) is 0 Å². The number of aryl methyl sites for hydroxylation is 1. The molecule has 1 heterocycles. The first-order valence-electron chi connectivity index (χ1n) is 6.98. The van der Waals surface area contributed by atoms with Crippen molar-refractivity contribution in [1.29, 1.82) is 0 Å². The summed E-state index contributed by atoms with van der Waals surface area (Å²) in [6.45, 7) is 2.80. The fourth-order valence-electron chi connectivity index (χ4n) is 3.18. The van der Waals surface area contributed by atoms with Gasteiger partial charge >= 0.3 is 0 Å². The Bertz CT molecular complexity index is 380. The van der Waals surface area contributed by atoms with Crippen LogP contribution in [0.5, 0.6) is 0 Å². The first-order valence-corrected chi connectivity index (χ1v) is 6.98. The average molecular weight is 251 g/mol. The average Bonchev–Trinajstić information content (AvgIpc) is 2.84. The third kappa shape index (κ3) is 2.45. The van der Waals surface area contributed by atoms with Gasteiger partial charge in [-0.1, -0.05) is 13.3 Å². The molecular weight excluding hydrogens is 226 g/mol. The minimum Gasteiger partial charge on any atom is -0.388 e. The van der Waals surface area contributed by atoms with Crippen molar-refractivity contribution in [2.24, 2.45) is 24.1 Å². The summed E-state index contributed by atoms with van der Waals surface area (Å²) >= 11 is 0. The van der Waals surface area contributed by atoms with Crippen LogP contribution >= 0.6 is 0 Å². The molecule has 1 atom stereocenters. The van der Waals surface area contributed by atoms with E-state index in [-0.39, 0.29) is 5.41 Å². The Morgan fingerprint density at radius 3 is 2.67 bits per heavy atom. The van der Waals surface area contributed by atoms with E-state index in [2.05, 4.69) is 12.0 Å². The lowest BCUT2D eigenvalue weighted by atomic mass is 9.66. The molecule has 3 N–H and O–H groups in total. The Morgan fingerprint density at radius 2 is 2.22 bits per heavy atom. The molecule has 1 aromatic rings. The van der Waals surface area contributed by atoms with E-state index in [1.54, 1.807) is 10.9 Å². The van der Waals surface area contributed by atoms with Gasteiger partial charge in [-0.25, -0.2) is 0 Å². The topological polar surface area (TPSA) is 64.1 Å². The van der Waals surface area contributed by atoms with Gasteiger partial charge in [0.1, 0.15) is 0 Å². The predicted octanol–water partition coefficient (Wildman–Crippen LogP) is 2.00. The first kappa shape index (κ1) is 13.6. The smallest absolute Gasteiger partial charge is 0.0888 e. The fourth-order valence-corrected chi connectivity index (χ4v) is 3.18. The first-order chi connectivity index (χ1) is 8.61. The number of rotatable bonds is 4. The molecule has 4 nitrogen and oxygen atoms in total. The maximum absolute atomic E-state index is 10.6. The van der Waals surface area contributed by atoms with Gasteiger partial charge in [-0.05, 0) is 31.6 Å². The second kappa shape index (κ2) is 5.41. The zero-order chi connectivity index (χ0) is 13.2. The van der Waals surface area contributed by atoms with Crippen molar-refractivity contribution in [1.82, 2.24) is 9.78 Å². The minimum atomic E-state index is -0.478. The van der Waals surface area contributed by atoms with Gasteiger partial charge in [0.25, 0.3) is 0 Å². The summed E-state index contributed by atoms with van der Waals surface area (Å²) in [5.74, 6) is 0.811. The lowest BCUT2D eigenvalue weighted by Crippen LogP contribution is -2.40. The third-order valence-corrected chi connectivity index (χ3v) is 4.71. The molecule has 0 radical (unpaired) electrons. The standard InChI is InChI=1S/C14H25N3O/c1-3-11-4-6-14(10-15,7-5-11)13(18)12-8-16-17(2)9-12/h8-9,11,13,18H,3-7,10,15H2,1-2H3. The van der Waals surface area contributed by atoms with Crippen LogP contribution in [-0.2, 0) is 7.05 Å². The molecule has 0 spiro atoms. The molecule has 0 saturated heterocycles. The zero-order valence-electron chi connectivity index (χ0n) is 11.5. The van der Waals surface area contributed by atoms with Crippen LogP contribution in [0.3, 0.4) is 0 Å². The largest absolute Gasteiger partial charge is 0.388 e. The van der Waals surface area contributed by atoms with Gasteiger partial charge < -0.3 is 10.8 Å². The molecule has 1 unspecified atom stereocenters. The van der Waals surface area contributed by atoms with E-state index in [9.17, 15) is 5.11 Å². The molecule has 1 aromatic heterocycles. The molecule has 1 aliphatic rings. The molecule has 0 aromatic carbocycles. The summed E-state index contributed by atoms with van der Waals surface area (Å²) in [4.78, 5) is 0. The summed E-state index contributed by atoms with van der Waals surface area (Å²) in [6.07, 6.45) is 8.84. The summed E-state index contributed by atoms with van der Waals surface area (Å²) in [5.41, 5.74) is 6.74. The van der Waals surface area contributed by atoms with Crippen LogP contribution in [0.1, 0.15) is 50.7 Å². The van der Waals surface area contributed by atoms with E-state index >= 15 is 0 Å². The summed E-state index contributed by atoms with van der Waals surface area (Å²) in [5, 5.41) is 14.8. The van der Waals surface area contributed by atoms with Crippen LogP contribution in [-0.4, -0.2) is 21.4 Å². The molecule has 102 valence electrons. The van der Waals surface area contributed by atoms with Crippen molar-refractivity contribution in [2.45, 2.75) is 45.1 Å². The van der Waals surface area contributed by atoms with Gasteiger partial charge in [-0.2, -0.15) is 5.10 Å². The van der Waals surface area contributed by atoms with Crippen LogP contribution in [0.25, 0.3) is 0 Å². The Hall–Kier alpha value is -0.870. The van der Waals surface area contributed by atoms with Crippen LogP contribution in [0.2, 0.25) is 0 Å². The van der Waals surface area contributed by atoms with E-state index in [0.717, 1.165) is 24.3 Å². The second-order valence-electron chi connectivity index (χ2n) is 5.77. The summed E-state index contributed by atoms with van der Waals surface area (Å²) in [7, 11) is 1.87. The van der Waals surface area contributed by atoms with Gasteiger partial charge in [0.2, 0.25) is 0 Å². The van der Waals surface area contributed by atoms with Crippen LogP contribution in [0.15, 0.2) is 12.4 Å². The van der Waals surface area contributed by atoms with E-state index in [0.29, 0.717) is 6.54 Å². The second-order valence-corrected chi connectivity index (χ2v) is 5.77. The highest BCUT2D eigenvalue weighted by Crippen LogP contribution is 2.47. The SMILES string of the molecule is CCC1CCC(CN)(C(O)c2cnn(C)c2)CC1. The number of hydrogen-bond donors (Lipinski definition) is 2. The van der Waals surface area contributed by atoms with E-state index < -0.39 is 6.10 Å². The van der Waals surface area contributed by atoms with Gasteiger partial charge in [-0.3, -0.25) is 4.68 Å². The van der Waals surface area contributed by atoms with Crippen LogP contribution in [0, 0.1) is 11.3 Å². The predicted molar refractivity (Wildman–Crippen MR) is 71.9 cm³/mol. The molecule has 0 bridgehead atoms. The van der Waals surface area contributed by atoms with Gasteiger partial charge in [0, 0.05) is 30.8 Å². The Balaban J connectivity index is 2.13. The number of nitrogens with zero attached hydrogens (tertiary/aromatic N) is 2. The highest BCUT2D eigenvalue weighted by Gasteiger charge is 2.40. The Morgan fingerprint density at radius 1 is 1.56 bits per heavy atom. The molecule has 0 amide bonds. The van der Waals surface area contributed by atoms with Crippen molar-refractivity contribution in [3.63, 3.8) is 0 Å².